The van der Waals surface area contributed by atoms with Crippen molar-refractivity contribution in [3.8, 4) is 0 Å². The monoisotopic (exact) mass is 479 g/mol. The fourth-order valence-corrected chi connectivity index (χ4v) is 7.68. The summed E-state index contributed by atoms with van der Waals surface area (Å²) in [6, 6.07) is 12.0. The highest BCUT2D eigenvalue weighted by Gasteiger charge is 2.37. The van der Waals surface area contributed by atoms with Crippen molar-refractivity contribution in [3.05, 3.63) is 41.5 Å². The Morgan fingerprint density at radius 3 is 2.28 bits per heavy atom. The second-order valence-electron chi connectivity index (χ2n) is 9.45. The van der Waals surface area contributed by atoms with Crippen LogP contribution in [0.15, 0.2) is 40.9 Å². The number of allylic oxidation sites excluding steroid dienone is 2. The van der Waals surface area contributed by atoms with E-state index in [0.29, 0.717) is 11.3 Å². The van der Waals surface area contributed by atoms with Gasteiger partial charge in [-0.1, -0.05) is 68.0 Å². The van der Waals surface area contributed by atoms with Crippen LogP contribution in [-0.4, -0.2) is 26.9 Å². The zero-order chi connectivity index (χ0) is 22.6. The summed E-state index contributed by atoms with van der Waals surface area (Å²) < 4.78 is 32.7. The number of halogens is 1. The predicted molar refractivity (Wildman–Crippen MR) is 121 cm³/mol. The first-order valence-electron chi connectivity index (χ1n) is 12.0. The Morgan fingerprint density at radius 2 is 1.56 bits per heavy atom. The number of aliphatic imine (C=N–C) groups is 1. The van der Waals surface area contributed by atoms with Crippen molar-refractivity contribution in [2.45, 2.75) is 93.6 Å². The summed E-state index contributed by atoms with van der Waals surface area (Å²) in [6.45, 7) is 0. The quantitative estimate of drug-likeness (QED) is 0.702. The minimum Gasteiger partial charge on any atom is -0.288 e. The molecular weight excluding hydrogens is 446 g/mol. The zero-order valence-electron chi connectivity index (χ0n) is 18.6. The van der Waals surface area contributed by atoms with Gasteiger partial charge >= 0.3 is 0 Å². The highest BCUT2D eigenvalue weighted by molar-refractivity contribution is 8.01. The third kappa shape index (κ3) is 6.58. The highest BCUT2D eigenvalue weighted by Crippen LogP contribution is 2.46. The Kier molecular flexibility index (Phi) is 8.35. The minimum absolute atomic E-state index is 0.646. The molecule has 5 nitrogen and oxygen atoms in total. The molecule has 4 aliphatic rings. The van der Waals surface area contributed by atoms with Gasteiger partial charge in [-0.3, -0.25) is 4.99 Å². The second kappa shape index (κ2) is 11.0. The standard InChI is InChI=1S/C25H33NS.ClHO4/c1-3-9-18(10-4-1)25(19-11-5-2-6-12-19)20-15-16-22-24(17-20)27-23-14-8-7-13-21(23)26-22;2-1(3,4)5/h1,3-4,9-10,19,21,23-24H,2,5-8,11-17H2;(H,2,3,4,5). The molecule has 0 aromatic heterocycles. The number of fused-ring (bicyclic) bond motifs is 2. The first-order valence-corrected chi connectivity index (χ1v) is 14.2. The summed E-state index contributed by atoms with van der Waals surface area (Å²) >= 11 is 2.30. The van der Waals surface area contributed by atoms with Crippen molar-refractivity contribution in [2.75, 3.05) is 0 Å². The van der Waals surface area contributed by atoms with E-state index in [1.165, 1.54) is 82.6 Å². The second-order valence-corrected chi connectivity index (χ2v) is 11.7. The molecule has 3 saturated carbocycles. The molecule has 7 heteroatoms. The van der Waals surface area contributed by atoms with Crippen LogP contribution in [-0.2, 0) is 0 Å². The number of benzene rings is 1. The van der Waals surface area contributed by atoms with Crippen LogP contribution in [0.4, 0.5) is 0 Å². The lowest BCUT2D eigenvalue weighted by atomic mass is 9.75. The van der Waals surface area contributed by atoms with E-state index in [1.54, 1.807) is 16.9 Å². The zero-order valence-corrected chi connectivity index (χ0v) is 20.2. The van der Waals surface area contributed by atoms with Crippen molar-refractivity contribution < 1.29 is 28.9 Å². The Morgan fingerprint density at radius 1 is 0.906 bits per heavy atom. The van der Waals surface area contributed by atoms with Gasteiger partial charge < -0.3 is 0 Å². The summed E-state index contributed by atoms with van der Waals surface area (Å²) in [5.74, 6) is 0.797. The van der Waals surface area contributed by atoms with Crippen LogP contribution in [0.1, 0.15) is 82.6 Å². The lowest BCUT2D eigenvalue weighted by Gasteiger charge is -2.40. The molecule has 0 spiro atoms. The summed E-state index contributed by atoms with van der Waals surface area (Å²) in [7, 11) is -4.69. The molecule has 0 saturated heterocycles. The number of nitrogens with zero attached hydrogens (tertiary/aromatic N) is 1. The lowest BCUT2D eigenvalue weighted by molar-refractivity contribution is -1.92. The maximum absolute atomic E-state index is 8.60. The fourth-order valence-electron chi connectivity index (χ4n) is 5.95. The number of hydrogen-bond acceptors (Lipinski definition) is 6. The van der Waals surface area contributed by atoms with Crippen molar-refractivity contribution in [2.24, 2.45) is 10.9 Å². The van der Waals surface area contributed by atoms with Crippen LogP contribution < -0.4 is 14.0 Å². The van der Waals surface area contributed by atoms with Gasteiger partial charge in [0.2, 0.25) is 0 Å². The molecule has 1 aromatic carbocycles. The van der Waals surface area contributed by atoms with Gasteiger partial charge in [0.15, 0.2) is 0 Å². The van der Waals surface area contributed by atoms with Crippen LogP contribution >= 0.6 is 11.8 Å². The molecule has 1 aliphatic heterocycles. The van der Waals surface area contributed by atoms with Gasteiger partial charge in [0.25, 0.3) is 0 Å². The van der Waals surface area contributed by atoms with Gasteiger partial charge in [-0.2, -0.15) is 14.0 Å². The van der Waals surface area contributed by atoms with Gasteiger partial charge in [-0.25, -0.2) is 0 Å². The molecule has 1 aromatic rings. The largest absolute Gasteiger partial charge is 0.288 e. The lowest BCUT2D eigenvalue weighted by Crippen LogP contribution is -2.58. The molecule has 3 aliphatic carbocycles. The molecule has 1 heterocycles. The number of thioether (sulfide) groups is 1. The van der Waals surface area contributed by atoms with Gasteiger partial charge in [0.05, 0.1) is 20.9 Å². The minimum atomic E-state index is -4.69. The van der Waals surface area contributed by atoms with Crippen molar-refractivity contribution >= 4 is 23.0 Å². The maximum Gasteiger partial charge on any atom is 0.0777 e. The normalized spacial score (nSPS) is 30.2. The van der Waals surface area contributed by atoms with E-state index in [-0.39, 0.29) is 0 Å². The first kappa shape index (κ1) is 24.2. The molecule has 3 unspecified atom stereocenters. The van der Waals surface area contributed by atoms with E-state index in [1.807, 2.05) is 0 Å². The van der Waals surface area contributed by atoms with Crippen LogP contribution in [0, 0.1) is 16.2 Å². The molecule has 176 valence electrons. The Bertz CT molecular complexity index is 811. The molecule has 0 amide bonds. The molecular formula is C25H34ClNO4S. The van der Waals surface area contributed by atoms with Crippen LogP contribution in [0.3, 0.4) is 0 Å². The van der Waals surface area contributed by atoms with Crippen molar-refractivity contribution in [1.29, 1.82) is 0 Å². The van der Waals surface area contributed by atoms with Gasteiger partial charge in [0, 0.05) is 16.2 Å². The number of hydrogen-bond donors (Lipinski definition) is 1. The molecule has 3 atom stereocenters. The third-order valence-electron chi connectivity index (χ3n) is 7.30. The van der Waals surface area contributed by atoms with Crippen LogP contribution in [0.5, 0.6) is 0 Å². The summed E-state index contributed by atoms with van der Waals surface area (Å²) in [6.07, 6.45) is 16.4. The van der Waals surface area contributed by atoms with E-state index in [4.69, 9.17) is 23.6 Å². The Labute approximate surface area is 197 Å². The van der Waals surface area contributed by atoms with Crippen LogP contribution in [0.25, 0.3) is 5.57 Å². The molecule has 32 heavy (non-hydrogen) atoms. The smallest absolute Gasteiger partial charge is 0.0777 e. The maximum atomic E-state index is 8.60. The molecule has 0 bridgehead atoms. The average Bonchev–Trinajstić information content (AvgIpc) is 2.78. The molecule has 0 radical (unpaired) electrons. The first-order chi connectivity index (χ1) is 15.4. The molecule has 3 fully saturated rings. The highest BCUT2D eigenvalue weighted by atomic mass is 35.7. The van der Waals surface area contributed by atoms with Gasteiger partial charge in [0.1, 0.15) is 0 Å². The van der Waals surface area contributed by atoms with Gasteiger partial charge in [-0.05, 0) is 62.0 Å². The Balaban J connectivity index is 0.000000444. The molecule has 1 N–H and O–H groups in total. The van der Waals surface area contributed by atoms with Crippen LogP contribution in [0.2, 0.25) is 0 Å². The van der Waals surface area contributed by atoms with E-state index < -0.39 is 10.2 Å². The SMILES string of the molecule is [O-][Cl+3]([O-])([O-])O.c1ccc(C(=C2CCC3=NC4CCCCC4SC3C2)C2CCCCC2)cc1. The van der Waals surface area contributed by atoms with E-state index in [2.05, 4.69) is 42.1 Å². The topological polar surface area (TPSA) is 102 Å². The van der Waals surface area contributed by atoms with Gasteiger partial charge in [-0.15, -0.1) is 11.8 Å². The predicted octanol–water partition coefficient (Wildman–Crippen LogP) is 2.95. The Hall–Kier alpha value is -0.890. The van der Waals surface area contributed by atoms with E-state index >= 15 is 0 Å². The summed E-state index contributed by atoms with van der Waals surface area (Å²) in [4.78, 5) is 5.28. The molecule has 5 rings (SSSR count). The third-order valence-corrected chi connectivity index (χ3v) is 8.97. The van der Waals surface area contributed by atoms with E-state index in [0.717, 1.165) is 11.2 Å². The fraction of sp³-hybridized carbons (Fsp3) is 0.640. The average molecular weight is 480 g/mol. The summed E-state index contributed by atoms with van der Waals surface area (Å²) in [5, 5.41) is 1.48. The van der Waals surface area contributed by atoms with E-state index in [9.17, 15) is 0 Å². The van der Waals surface area contributed by atoms with Crippen molar-refractivity contribution in [3.63, 3.8) is 0 Å². The number of rotatable bonds is 2. The van der Waals surface area contributed by atoms with Crippen molar-refractivity contribution in [1.82, 2.24) is 0 Å². The summed E-state index contributed by atoms with van der Waals surface area (Å²) in [5.41, 5.74) is 6.58.